The second-order valence-electron chi connectivity index (χ2n) is 18.3. The predicted octanol–water partition coefficient (Wildman–Crippen LogP) is 14.5. The predicted molar refractivity (Wildman–Crippen MR) is 240 cm³/mol. The molecule has 0 amide bonds. The summed E-state index contributed by atoms with van der Waals surface area (Å²) in [5.74, 6) is 0. The largest absolute Gasteiger partial charge is 1.00 e. The Hall–Kier alpha value is 0.440. The average molecular weight is 813 g/mol. The summed E-state index contributed by atoms with van der Waals surface area (Å²) < 4.78 is 0. The van der Waals surface area contributed by atoms with Crippen molar-refractivity contribution >= 4 is 0 Å². The highest BCUT2D eigenvalue weighted by Crippen LogP contribution is 2.17. The van der Waals surface area contributed by atoms with Crippen molar-refractivity contribution in [2.24, 2.45) is 0 Å². The second kappa shape index (κ2) is 46.8. The molecule has 3 atom stereocenters. The third-order valence-electron chi connectivity index (χ3n) is 12.9. The minimum Gasteiger partial charge on any atom is -1.00 e. The minimum atomic E-state index is 0. The fourth-order valence-corrected chi connectivity index (χ4v) is 9.36. The summed E-state index contributed by atoms with van der Waals surface area (Å²) in [5.41, 5.74) is 0. The lowest BCUT2D eigenvalue weighted by atomic mass is 9.97. The second-order valence-corrected chi connectivity index (χ2v) is 18.3. The van der Waals surface area contributed by atoms with Crippen LogP contribution in [0.25, 0.3) is 0 Å². The first-order valence-corrected chi connectivity index (χ1v) is 25.4. The van der Waals surface area contributed by atoms with Crippen molar-refractivity contribution < 1.29 is 21.9 Å². The third kappa shape index (κ3) is 40.4. The molecule has 0 fully saturated rings. The van der Waals surface area contributed by atoms with Gasteiger partial charge < -0.3 is 21.9 Å². The third-order valence-corrected chi connectivity index (χ3v) is 12.9. The Bertz CT molecular complexity index is 550. The van der Waals surface area contributed by atoms with Crippen LogP contribution in [0, 0.1) is 0 Å². The molecular formula is C51H106BrN. The van der Waals surface area contributed by atoms with Gasteiger partial charge in [0.2, 0.25) is 0 Å². The molecular weight excluding hydrogens is 706 g/mol. The van der Waals surface area contributed by atoms with Gasteiger partial charge in [-0.25, -0.2) is 0 Å². The summed E-state index contributed by atoms with van der Waals surface area (Å²) in [6, 6.07) is 2.46. The lowest BCUT2D eigenvalue weighted by Gasteiger charge is -2.37. The zero-order valence-electron chi connectivity index (χ0n) is 38.3. The van der Waals surface area contributed by atoms with E-state index in [2.05, 4.69) is 41.5 Å². The molecule has 0 aliphatic carbocycles. The van der Waals surface area contributed by atoms with Gasteiger partial charge in [0.1, 0.15) is 0 Å². The van der Waals surface area contributed by atoms with Gasteiger partial charge in [-0.1, -0.05) is 252 Å². The fraction of sp³-hybridized carbons (Fsp3) is 1.00. The first-order valence-electron chi connectivity index (χ1n) is 25.4. The standard InChI is InChI=1S/C51H105N.BrH/c1-7-10-13-16-19-22-25-28-31-34-37-40-43-46-49(4)52(50(5)47-44-41-38-35-32-29-26-23-20-17-14-11-8-2)51(6)48-45-42-39-36-33-30-27-24-21-18-15-12-9-3;/h49-51H,7-48H2,1-6H3;1H. The van der Waals surface area contributed by atoms with Crippen LogP contribution < -0.4 is 21.9 Å². The van der Waals surface area contributed by atoms with Crippen molar-refractivity contribution in [3.63, 3.8) is 0 Å². The van der Waals surface area contributed by atoms with E-state index in [-0.39, 0.29) is 17.0 Å². The number of hydrogen-bond acceptors (Lipinski definition) is 0. The van der Waals surface area contributed by atoms with Crippen LogP contribution in [-0.2, 0) is 0 Å². The van der Waals surface area contributed by atoms with E-state index in [9.17, 15) is 0 Å². The van der Waals surface area contributed by atoms with E-state index in [4.69, 9.17) is 0 Å². The lowest BCUT2D eigenvalue weighted by Crippen LogP contribution is -3.21. The molecule has 0 aromatic rings. The molecule has 0 aromatic heterocycles. The van der Waals surface area contributed by atoms with Crippen LogP contribution >= 0.6 is 0 Å². The van der Waals surface area contributed by atoms with Crippen molar-refractivity contribution in [1.82, 2.24) is 0 Å². The van der Waals surface area contributed by atoms with Gasteiger partial charge in [0.25, 0.3) is 0 Å². The van der Waals surface area contributed by atoms with Crippen LogP contribution in [0.5, 0.6) is 0 Å². The topological polar surface area (TPSA) is 4.44 Å². The zero-order valence-corrected chi connectivity index (χ0v) is 39.9. The summed E-state index contributed by atoms with van der Waals surface area (Å²) >= 11 is 0. The highest BCUT2D eigenvalue weighted by atomic mass is 79.9. The van der Waals surface area contributed by atoms with E-state index >= 15 is 0 Å². The Kier molecular flexibility index (Phi) is 49.1. The maximum Gasteiger partial charge on any atom is 0.0850 e. The van der Waals surface area contributed by atoms with Crippen LogP contribution in [-0.4, -0.2) is 18.1 Å². The average Bonchev–Trinajstić information content (AvgIpc) is 3.14. The highest BCUT2D eigenvalue weighted by Gasteiger charge is 2.28. The normalized spacial score (nSPS) is 13.9. The van der Waals surface area contributed by atoms with E-state index < -0.39 is 0 Å². The van der Waals surface area contributed by atoms with E-state index in [1.807, 2.05) is 4.90 Å². The van der Waals surface area contributed by atoms with Crippen molar-refractivity contribution in [1.29, 1.82) is 0 Å². The monoisotopic (exact) mass is 812 g/mol. The Morgan fingerprint density at radius 2 is 0.358 bits per heavy atom. The van der Waals surface area contributed by atoms with Crippen molar-refractivity contribution in [2.75, 3.05) is 0 Å². The molecule has 0 radical (unpaired) electrons. The summed E-state index contributed by atoms with van der Waals surface area (Å²) in [5, 5.41) is 0. The molecule has 0 saturated carbocycles. The fourth-order valence-electron chi connectivity index (χ4n) is 9.36. The maximum atomic E-state index is 2.62. The molecule has 0 heterocycles. The van der Waals surface area contributed by atoms with Crippen LogP contribution in [0.15, 0.2) is 0 Å². The summed E-state index contributed by atoms with van der Waals surface area (Å²) in [6.07, 6.45) is 61.4. The van der Waals surface area contributed by atoms with Gasteiger partial charge in [-0.3, -0.25) is 0 Å². The van der Waals surface area contributed by atoms with Gasteiger partial charge in [0.05, 0.1) is 18.1 Å². The van der Waals surface area contributed by atoms with Gasteiger partial charge in [0.15, 0.2) is 0 Å². The summed E-state index contributed by atoms with van der Waals surface area (Å²) in [6.45, 7) is 14.8. The molecule has 2 heteroatoms. The SMILES string of the molecule is CCCCCCCCCCCCCCCC(C)[NH+](C(C)CCCCCCCCCCCCCCC)C(C)CCCCCCCCCCCCCCC.[Br-]. The first-order chi connectivity index (χ1) is 25.6. The summed E-state index contributed by atoms with van der Waals surface area (Å²) in [7, 11) is 0. The van der Waals surface area contributed by atoms with Crippen molar-refractivity contribution in [3.05, 3.63) is 0 Å². The Balaban J connectivity index is 0. The smallest absolute Gasteiger partial charge is 0.0850 e. The van der Waals surface area contributed by atoms with E-state index in [0.717, 1.165) is 18.1 Å². The van der Waals surface area contributed by atoms with Gasteiger partial charge >= 0.3 is 0 Å². The number of hydrogen-bond donors (Lipinski definition) is 1. The highest BCUT2D eigenvalue weighted by molar-refractivity contribution is 4.62. The summed E-state index contributed by atoms with van der Waals surface area (Å²) in [4.78, 5) is 1.97. The molecule has 0 aliphatic rings. The quantitative estimate of drug-likeness (QED) is 0.0584. The number of nitrogens with one attached hydrogen (secondary N) is 1. The van der Waals surface area contributed by atoms with Crippen LogP contribution in [0.2, 0.25) is 0 Å². The van der Waals surface area contributed by atoms with E-state index in [0.29, 0.717) is 0 Å². The molecule has 0 rings (SSSR count). The van der Waals surface area contributed by atoms with Crippen molar-refractivity contribution in [3.8, 4) is 0 Å². The molecule has 1 N–H and O–H groups in total. The first kappa shape index (κ1) is 55.5. The Labute approximate surface area is 349 Å². The molecule has 0 bridgehead atoms. The molecule has 3 unspecified atom stereocenters. The van der Waals surface area contributed by atoms with Gasteiger partial charge in [-0.05, 0) is 59.3 Å². The van der Waals surface area contributed by atoms with E-state index in [1.54, 1.807) is 0 Å². The number of quaternary nitrogens is 1. The number of unbranched alkanes of at least 4 members (excludes halogenated alkanes) is 36. The minimum absolute atomic E-state index is 0. The van der Waals surface area contributed by atoms with Gasteiger partial charge in [0, 0.05) is 0 Å². The lowest BCUT2D eigenvalue weighted by molar-refractivity contribution is -0.968. The Morgan fingerprint density at radius 3 is 0.509 bits per heavy atom. The van der Waals surface area contributed by atoms with Gasteiger partial charge in [-0.15, -0.1) is 0 Å². The molecule has 322 valence electrons. The molecule has 0 aliphatic heterocycles. The molecule has 0 spiro atoms. The van der Waals surface area contributed by atoms with E-state index in [1.165, 1.54) is 270 Å². The van der Waals surface area contributed by atoms with Gasteiger partial charge in [-0.2, -0.15) is 0 Å². The van der Waals surface area contributed by atoms with Crippen LogP contribution in [0.1, 0.15) is 311 Å². The van der Waals surface area contributed by atoms with Crippen LogP contribution in [0.4, 0.5) is 0 Å². The molecule has 0 aromatic carbocycles. The maximum absolute atomic E-state index is 2.62. The molecule has 1 nitrogen and oxygen atoms in total. The Morgan fingerprint density at radius 1 is 0.226 bits per heavy atom. The molecule has 0 saturated heterocycles. The number of rotatable bonds is 45. The van der Waals surface area contributed by atoms with Crippen molar-refractivity contribution in [2.45, 2.75) is 329 Å². The number of halogens is 1. The molecule has 53 heavy (non-hydrogen) atoms. The van der Waals surface area contributed by atoms with Crippen LogP contribution in [0.3, 0.4) is 0 Å². The zero-order chi connectivity index (χ0) is 38.0.